The van der Waals surface area contributed by atoms with Crippen molar-refractivity contribution in [3.05, 3.63) is 68.6 Å². The number of halogens is 1. The number of anilines is 1. The molecule has 12 heteroatoms. The van der Waals surface area contributed by atoms with Crippen molar-refractivity contribution in [2.45, 2.75) is 17.9 Å². The van der Waals surface area contributed by atoms with E-state index in [0.29, 0.717) is 17.5 Å². The number of nitrogens with one attached hydrogen (secondary N) is 1. The lowest BCUT2D eigenvalue weighted by Crippen LogP contribution is -2.53. The Morgan fingerprint density at radius 1 is 1.50 bits per heavy atom. The molecule has 11 nitrogen and oxygen atoms in total. The van der Waals surface area contributed by atoms with Gasteiger partial charge in [-0.1, -0.05) is 18.2 Å². The molecule has 0 saturated carbocycles. The number of benzene rings is 1. The third-order valence-corrected chi connectivity index (χ3v) is 5.91. The molecule has 0 radical (unpaired) electrons. The Balaban J connectivity index is 1.45. The van der Waals surface area contributed by atoms with E-state index >= 15 is 0 Å². The van der Waals surface area contributed by atoms with E-state index in [-0.39, 0.29) is 42.4 Å². The summed E-state index contributed by atoms with van der Waals surface area (Å²) < 4.78 is 11.6. The van der Waals surface area contributed by atoms with Gasteiger partial charge < -0.3 is 25.5 Å². The fraction of sp³-hybridized carbons (Fsp3) is 0.300. The molecule has 2 aliphatic heterocycles. The molecule has 32 heavy (non-hydrogen) atoms. The van der Waals surface area contributed by atoms with E-state index in [1.165, 1.54) is 23.5 Å². The molecule has 5 N–H and O–H groups in total. The largest absolute Gasteiger partial charge is 0.466 e. The van der Waals surface area contributed by atoms with Gasteiger partial charge in [0, 0.05) is 28.6 Å². The van der Waals surface area contributed by atoms with Crippen LogP contribution in [-0.4, -0.2) is 46.7 Å². The number of pyridine rings is 1. The summed E-state index contributed by atoms with van der Waals surface area (Å²) in [4.78, 5) is 27.3. The van der Waals surface area contributed by atoms with Crippen LogP contribution < -0.4 is 21.6 Å². The van der Waals surface area contributed by atoms with E-state index in [1.54, 1.807) is 0 Å². The second kappa shape index (κ2) is 8.73. The topological polar surface area (TPSA) is 159 Å². The SMILES string of the molecule is N/C(=C\N(N)C1COCC2(C1)C(=O)Nc1ccccc12)COc1ncc(Br)cc1[N+](=O)[O-]. The number of hydrogen-bond donors (Lipinski definition) is 3. The zero-order valence-corrected chi connectivity index (χ0v) is 18.4. The summed E-state index contributed by atoms with van der Waals surface area (Å²) in [6.45, 7) is 0.421. The molecular weight excluding hydrogens is 484 g/mol. The highest BCUT2D eigenvalue weighted by molar-refractivity contribution is 9.10. The minimum atomic E-state index is -0.821. The maximum atomic E-state index is 12.8. The standard InChI is InChI=1S/C20H21BrN6O5/c21-12-5-17(27(29)30)18(24-7-12)32-9-13(22)8-26(23)14-6-20(11-31-10-14)15-3-1-2-4-16(15)25-19(20)28/h1-5,7-8,14H,6,9-11,22-23H2,(H,25,28)/b13-8-. The van der Waals surface area contributed by atoms with Crippen molar-refractivity contribution in [1.29, 1.82) is 0 Å². The minimum Gasteiger partial charge on any atom is -0.466 e. The first-order chi connectivity index (χ1) is 15.3. The number of hydrogen-bond acceptors (Lipinski definition) is 9. The van der Waals surface area contributed by atoms with Crippen LogP contribution in [0, 0.1) is 10.1 Å². The first-order valence-electron chi connectivity index (χ1n) is 9.71. The van der Waals surface area contributed by atoms with E-state index in [2.05, 4.69) is 26.2 Å². The Hall–Kier alpha value is -3.22. The van der Waals surface area contributed by atoms with Crippen molar-refractivity contribution in [2.24, 2.45) is 11.6 Å². The van der Waals surface area contributed by atoms with E-state index in [9.17, 15) is 14.9 Å². The maximum absolute atomic E-state index is 12.8. The second-order valence-electron chi connectivity index (χ2n) is 7.63. The van der Waals surface area contributed by atoms with Gasteiger partial charge in [-0.25, -0.2) is 10.8 Å². The molecule has 2 aromatic rings. The number of carbonyl (C=O) groups is 1. The summed E-state index contributed by atoms with van der Waals surface area (Å²) in [5, 5.41) is 15.5. The molecule has 1 fully saturated rings. The van der Waals surface area contributed by atoms with E-state index in [0.717, 1.165) is 11.3 Å². The predicted octanol–water partition coefficient (Wildman–Crippen LogP) is 1.79. The first kappa shape index (κ1) is 22.0. The lowest BCUT2D eigenvalue weighted by molar-refractivity contribution is -0.386. The van der Waals surface area contributed by atoms with Crippen LogP contribution in [0.2, 0.25) is 0 Å². The number of rotatable bonds is 6. The quantitative estimate of drug-likeness (QED) is 0.302. The van der Waals surface area contributed by atoms with Gasteiger partial charge in [-0.2, -0.15) is 0 Å². The Morgan fingerprint density at radius 2 is 2.28 bits per heavy atom. The van der Waals surface area contributed by atoms with Gasteiger partial charge in [-0.3, -0.25) is 14.9 Å². The molecule has 1 amide bonds. The predicted molar refractivity (Wildman–Crippen MR) is 118 cm³/mol. The van der Waals surface area contributed by atoms with Crippen LogP contribution in [0.5, 0.6) is 5.88 Å². The maximum Gasteiger partial charge on any atom is 0.332 e. The molecule has 0 aliphatic carbocycles. The van der Waals surface area contributed by atoms with Crippen LogP contribution in [0.4, 0.5) is 11.4 Å². The molecule has 2 aliphatic rings. The summed E-state index contributed by atoms with van der Waals surface area (Å²) in [5.41, 5.74) is 6.80. The molecule has 3 heterocycles. The minimum absolute atomic E-state index is 0.120. The summed E-state index contributed by atoms with van der Waals surface area (Å²) in [6.07, 6.45) is 3.30. The van der Waals surface area contributed by atoms with E-state index in [4.69, 9.17) is 21.1 Å². The normalized spacial score (nSPS) is 22.4. The number of carbonyl (C=O) groups excluding carboxylic acids is 1. The van der Waals surface area contributed by atoms with Crippen molar-refractivity contribution < 1.29 is 19.2 Å². The number of nitrogens with zero attached hydrogens (tertiary/aromatic N) is 3. The van der Waals surface area contributed by atoms with Crippen molar-refractivity contribution in [3.8, 4) is 5.88 Å². The molecular formula is C20H21BrN6O5. The number of aromatic nitrogens is 1. The van der Waals surface area contributed by atoms with Crippen molar-refractivity contribution in [3.63, 3.8) is 0 Å². The highest BCUT2D eigenvalue weighted by Gasteiger charge is 2.51. The smallest absolute Gasteiger partial charge is 0.332 e. The summed E-state index contributed by atoms with van der Waals surface area (Å²) in [6, 6.07) is 8.49. The fourth-order valence-corrected chi connectivity index (χ4v) is 4.26. The molecule has 1 aromatic heterocycles. The van der Waals surface area contributed by atoms with Gasteiger partial charge in [0.25, 0.3) is 5.88 Å². The Kier molecular flexibility index (Phi) is 6.00. The van der Waals surface area contributed by atoms with Gasteiger partial charge in [-0.15, -0.1) is 0 Å². The van der Waals surface area contributed by atoms with Gasteiger partial charge >= 0.3 is 5.69 Å². The second-order valence-corrected chi connectivity index (χ2v) is 8.55. The third-order valence-electron chi connectivity index (χ3n) is 5.48. The monoisotopic (exact) mass is 504 g/mol. The number of nitrogens with two attached hydrogens (primary N) is 2. The molecule has 1 aromatic carbocycles. The molecule has 4 rings (SSSR count). The van der Waals surface area contributed by atoms with E-state index < -0.39 is 10.3 Å². The number of nitro groups is 1. The number of para-hydroxylation sites is 1. The molecule has 0 bridgehead atoms. The zero-order valence-electron chi connectivity index (χ0n) is 16.9. The first-order valence-corrected chi connectivity index (χ1v) is 10.5. The van der Waals surface area contributed by atoms with Crippen LogP contribution in [-0.2, 0) is 14.9 Å². The van der Waals surface area contributed by atoms with Crippen molar-refractivity contribution in [2.75, 3.05) is 25.1 Å². The summed E-state index contributed by atoms with van der Waals surface area (Å²) in [7, 11) is 0. The summed E-state index contributed by atoms with van der Waals surface area (Å²) >= 11 is 3.14. The lowest BCUT2D eigenvalue weighted by atomic mass is 9.75. The van der Waals surface area contributed by atoms with Crippen LogP contribution in [0.25, 0.3) is 0 Å². The van der Waals surface area contributed by atoms with Crippen LogP contribution in [0.3, 0.4) is 0 Å². The Morgan fingerprint density at radius 3 is 3.06 bits per heavy atom. The molecule has 2 atom stereocenters. The average molecular weight is 505 g/mol. The number of fused-ring (bicyclic) bond motifs is 2. The number of amides is 1. The van der Waals surface area contributed by atoms with Crippen LogP contribution in [0.15, 0.2) is 52.9 Å². The Bertz CT molecular complexity index is 1100. The van der Waals surface area contributed by atoms with Crippen molar-refractivity contribution in [1.82, 2.24) is 9.99 Å². The van der Waals surface area contributed by atoms with Crippen LogP contribution >= 0.6 is 15.9 Å². The third kappa shape index (κ3) is 4.11. The Labute approximate surface area is 191 Å². The average Bonchev–Trinajstić information content (AvgIpc) is 3.03. The highest BCUT2D eigenvalue weighted by atomic mass is 79.9. The van der Waals surface area contributed by atoms with Gasteiger partial charge in [0.2, 0.25) is 5.91 Å². The molecule has 2 unspecified atom stereocenters. The fourth-order valence-electron chi connectivity index (χ4n) is 3.94. The van der Waals surface area contributed by atoms with Gasteiger partial charge in [-0.05, 0) is 34.0 Å². The molecule has 168 valence electrons. The van der Waals surface area contributed by atoms with Crippen molar-refractivity contribution >= 4 is 33.2 Å². The van der Waals surface area contributed by atoms with E-state index in [1.807, 2.05) is 24.3 Å². The lowest BCUT2D eigenvalue weighted by Gasteiger charge is -2.39. The van der Waals surface area contributed by atoms with Gasteiger partial charge in [0.1, 0.15) is 12.0 Å². The highest BCUT2D eigenvalue weighted by Crippen LogP contribution is 2.43. The molecule has 1 saturated heterocycles. The molecule has 1 spiro atoms. The van der Waals surface area contributed by atoms with Crippen LogP contribution in [0.1, 0.15) is 12.0 Å². The number of hydrazine groups is 1. The number of ether oxygens (including phenoxy) is 2. The summed E-state index contributed by atoms with van der Waals surface area (Å²) in [5.74, 6) is 5.94. The zero-order chi connectivity index (χ0) is 22.9. The van der Waals surface area contributed by atoms with Gasteiger partial charge in [0.05, 0.1) is 29.9 Å². The van der Waals surface area contributed by atoms with Gasteiger partial charge in [0.15, 0.2) is 0 Å².